The van der Waals surface area contributed by atoms with E-state index in [0.717, 1.165) is 0 Å². The van der Waals surface area contributed by atoms with E-state index in [0.29, 0.717) is 0 Å². The SMILES string of the molecule is CN(C)c1ccc(C(=C(c2ccc(N(C)C)cc2)c2ccc(N(C)C)cc2)c2ccc(N(C)C)cc2)cc1. The summed E-state index contributed by atoms with van der Waals surface area (Å²) in [6.45, 7) is 0. The Balaban J connectivity index is 2.03. The maximum absolute atomic E-state index is 2.24. The van der Waals surface area contributed by atoms with Crippen LogP contribution in [-0.2, 0) is 0 Å². The standard InChI is InChI=1S/C34H40N4/c1-35(2)29-17-9-25(10-18-29)33(26-11-19-30(20-12-26)36(3)4)34(27-13-21-31(22-14-27)37(5)6)28-15-23-32(24-16-28)38(7)8/h9-24H,1-8H3. The average molecular weight is 505 g/mol. The van der Waals surface area contributed by atoms with E-state index in [1.807, 2.05) is 0 Å². The lowest BCUT2D eigenvalue weighted by atomic mass is 9.85. The van der Waals surface area contributed by atoms with Crippen molar-refractivity contribution in [2.45, 2.75) is 0 Å². The normalized spacial score (nSPS) is 10.6. The molecule has 4 nitrogen and oxygen atoms in total. The molecular weight excluding hydrogens is 464 g/mol. The second-order valence-corrected chi connectivity index (χ2v) is 10.5. The highest BCUT2D eigenvalue weighted by molar-refractivity contribution is 6.05. The molecule has 196 valence electrons. The quantitative estimate of drug-likeness (QED) is 0.241. The summed E-state index contributed by atoms with van der Waals surface area (Å²) in [6, 6.07) is 35.5. The van der Waals surface area contributed by atoms with Crippen molar-refractivity contribution < 1.29 is 0 Å². The zero-order valence-electron chi connectivity index (χ0n) is 24.0. The van der Waals surface area contributed by atoms with E-state index < -0.39 is 0 Å². The summed E-state index contributed by atoms with van der Waals surface area (Å²) in [4.78, 5) is 8.56. The van der Waals surface area contributed by atoms with Crippen molar-refractivity contribution in [1.29, 1.82) is 0 Å². The van der Waals surface area contributed by atoms with Crippen LogP contribution in [0.2, 0.25) is 0 Å². The van der Waals surface area contributed by atoms with Gasteiger partial charge in [-0.1, -0.05) is 48.5 Å². The zero-order chi connectivity index (χ0) is 27.4. The van der Waals surface area contributed by atoms with Gasteiger partial charge < -0.3 is 19.6 Å². The topological polar surface area (TPSA) is 13.0 Å². The van der Waals surface area contributed by atoms with Gasteiger partial charge in [-0.25, -0.2) is 0 Å². The van der Waals surface area contributed by atoms with Gasteiger partial charge in [0.15, 0.2) is 0 Å². The minimum Gasteiger partial charge on any atom is -0.378 e. The third-order valence-electron chi connectivity index (χ3n) is 6.94. The molecule has 0 aliphatic heterocycles. The van der Waals surface area contributed by atoms with Gasteiger partial charge in [-0.15, -0.1) is 0 Å². The molecule has 4 heteroatoms. The lowest BCUT2D eigenvalue weighted by Gasteiger charge is -2.21. The molecule has 4 aromatic rings. The van der Waals surface area contributed by atoms with Crippen molar-refractivity contribution in [2.24, 2.45) is 0 Å². The zero-order valence-corrected chi connectivity index (χ0v) is 24.0. The van der Waals surface area contributed by atoms with Gasteiger partial charge in [0.05, 0.1) is 0 Å². The first kappa shape index (κ1) is 26.9. The third-order valence-corrected chi connectivity index (χ3v) is 6.94. The molecule has 38 heavy (non-hydrogen) atoms. The van der Waals surface area contributed by atoms with Gasteiger partial charge in [-0.3, -0.25) is 0 Å². The molecule has 0 saturated carbocycles. The van der Waals surface area contributed by atoms with Crippen molar-refractivity contribution >= 4 is 33.9 Å². The van der Waals surface area contributed by atoms with Gasteiger partial charge >= 0.3 is 0 Å². The van der Waals surface area contributed by atoms with Gasteiger partial charge in [0.25, 0.3) is 0 Å². The first-order valence-corrected chi connectivity index (χ1v) is 13.0. The summed E-state index contributed by atoms with van der Waals surface area (Å²) in [5.41, 5.74) is 11.9. The largest absolute Gasteiger partial charge is 0.378 e. The molecular formula is C34H40N4. The predicted octanol–water partition coefficient (Wildman–Crippen LogP) is 6.96. The summed E-state index contributed by atoms with van der Waals surface area (Å²) in [6.07, 6.45) is 0. The van der Waals surface area contributed by atoms with Crippen LogP contribution in [0.4, 0.5) is 22.7 Å². The van der Waals surface area contributed by atoms with Crippen LogP contribution in [0.5, 0.6) is 0 Å². The van der Waals surface area contributed by atoms with E-state index in [1.165, 1.54) is 56.1 Å². The first-order valence-electron chi connectivity index (χ1n) is 13.0. The summed E-state index contributed by atoms with van der Waals surface area (Å²) < 4.78 is 0. The fraction of sp³-hybridized carbons (Fsp3) is 0.235. The van der Waals surface area contributed by atoms with Gasteiger partial charge in [0, 0.05) is 79.1 Å². The van der Waals surface area contributed by atoms with Gasteiger partial charge in [-0.05, 0) is 81.9 Å². The molecule has 0 fully saturated rings. The molecule has 0 atom stereocenters. The van der Waals surface area contributed by atoms with E-state index >= 15 is 0 Å². The van der Waals surface area contributed by atoms with Crippen LogP contribution in [0.3, 0.4) is 0 Å². The summed E-state index contributed by atoms with van der Waals surface area (Å²) >= 11 is 0. The third kappa shape index (κ3) is 5.86. The Bertz CT molecular complexity index is 1140. The molecule has 0 aromatic heterocycles. The fourth-order valence-electron chi connectivity index (χ4n) is 4.62. The Hall–Kier alpha value is -4.18. The minimum absolute atomic E-state index is 1.18. The lowest BCUT2D eigenvalue weighted by molar-refractivity contribution is 1.13. The van der Waals surface area contributed by atoms with Crippen LogP contribution in [0, 0.1) is 0 Å². The van der Waals surface area contributed by atoms with Crippen LogP contribution >= 0.6 is 0 Å². The molecule has 0 heterocycles. The Morgan fingerprint density at radius 3 is 0.579 bits per heavy atom. The molecule has 0 bridgehead atoms. The first-order chi connectivity index (χ1) is 18.2. The monoisotopic (exact) mass is 504 g/mol. The smallest absolute Gasteiger partial charge is 0.0361 e. The number of nitrogens with zero attached hydrogens (tertiary/aromatic N) is 4. The average Bonchev–Trinajstić information content (AvgIpc) is 2.92. The van der Waals surface area contributed by atoms with Crippen molar-refractivity contribution in [2.75, 3.05) is 76.0 Å². The number of hydrogen-bond donors (Lipinski definition) is 0. The van der Waals surface area contributed by atoms with Gasteiger partial charge in [0.1, 0.15) is 0 Å². The number of anilines is 4. The molecule has 0 unspecified atom stereocenters. The fourth-order valence-corrected chi connectivity index (χ4v) is 4.62. The molecule has 0 spiro atoms. The van der Waals surface area contributed by atoms with Crippen LogP contribution in [0.15, 0.2) is 97.1 Å². The van der Waals surface area contributed by atoms with Crippen molar-refractivity contribution in [1.82, 2.24) is 0 Å². The van der Waals surface area contributed by atoms with Crippen molar-refractivity contribution in [3.8, 4) is 0 Å². The molecule has 0 N–H and O–H groups in total. The van der Waals surface area contributed by atoms with Crippen LogP contribution in [0.25, 0.3) is 11.1 Å². The Labute approximate surface area is 229 Å². The van der Waals surface area contributed by atoms with E-state index in [2.05, 4.69) is 173 Å². The second kappa shape index (κ2) is 11.5. The van der Waals surface area contributed by atoms with Crippen LogP contribution in [0.1, 0.15) is 22.3 Å². The van der Waals surface area contributed by atoms with Crippen molar-refractivity contribution in [3.05, 3.63) is 119 Å². The highest BCUT2D eigenvalue weighted by Crippen LogP contribution is 2.38. The predicted molar refractivity (Wildman–Crippen MR) is 168 cm³/mol. The van der Waals surface area contributed by atoms with E-state index in [1.54, 1.807) is 0 Å². The molecule has 0 aliphatic carbocycles. The molecule has 0 aliphatic rings. The summed E-state index contributed by atoms with van der Waals surface area (Å²) in [5, 5.41) is 0. The summed E-state index contributed by atoms with van der Waals surface area (Å²) in [5.74, 6) is 0. The number of benzene rings is 4. The van der Waals surface area contributed by atoms with E-state index in [9.17, 15) is 0 Å². The molecule has 4 aromatic carbocycles. The van der Waals surface area contributed by atoms with Gasteiger partial charge in [0.2, 0.25) is 0 Å². The molecule has 0 radical (unpaired) electrons. The number of rotatable bonds is 8. The Kier molecular flexibility index (Phi) is 8.11. The van der Waals surface area contributed by atoms with Gasteiger partial charge in [-0.2, -0.15) is 0 Å². The van der Waals surface area contributed by atoms with Crippen molar-refractivity contribution in [3.63, 3.8) is 0 Å². The molecule has 4 rings (SSSR count). The highest BCUT2D eigenvalue weighted by Gasteiger charge is 2.17. The lowest BCUT2D eigenvalue weighted by Crippen LogP contribution is -2.09. The van der Waals surface area contributed by atoms with E-state index in [-0.39, 0.29) is 0 Å². The summed E-state index contributed by atoms with van der Waals surface area (Å²) in [7, 11) is 16.6. The minimum atomic E-state index is 1.18. The highest BCUT2D eigenvalue weighted by atomic mass is 15.1. The number of hydrogen-bond acceptors (Lipinski definition) is 4. The Morgan fingerprint density at radius 1 is 0.289 bits per heavy atom. The Morgan fingerprint density at radius 2 is 0.447 bits per heavy atom. The molecule has 0 saturated heterocycles. The van der Waals surface area contributed by atoms with Crippen LogP contribution < -0.4 is 19.6 Å². The second-order valence-electron chi connectivity index (χ2n) is 10.5. The van der Waals surface area contributed by atoms with E-state index in [4.69, 9.17) is 0 Å². The molecule has 0 amide bonds. The maximum Gasteiger partial charge on any atom is 0.0361 e. The maximum atomic E-state index is 2.24. The van der Waals surface area contributed by atoms with Crippen LogP contribution in [-0.4, -0.2) is 56.4 Å².